The third kappa shape index (κ3) is 4.94. The zero-order valence-corrected chi connectivity index (χ0v) is 15.4. The fourth-order valence-electron chi connectivity index (χ4n) is 3.53. The van der Waals surface area contributed by atoms with Crippen molar-refractivity contribution in [2.45, 2.75) is 64.1 Å². The van der Waals surface area contributed by atoms with Crippen LogP contribution in [0.4, 0.5) is 9.18 Å². The lowest BCUT2D eigenvalue weighted by atomic mass is 10.0. The Labute approximate surface area is 149 Å². The van der Waals surface area contributed by atoms with E-state index in [9.17, 15) is 9.18 Å². The standard InChI is InChI=1S/C20H29FN2O2/c1-20(2,3)25-19(24)23-12-4-5-17(23)13-22-18(14-6-7-14)15-8-10-16(21)11-9-15/h8-11,14,17-18,22H,4-7,12-13H2,1-3H3. The second-order valence-electron chi connectivity index (χ2n) is 8.24. The van der Waals surface area contributed by atoms with E-state index in [4.69, 9.17) is 4.74 Å². The predicted molar refractivity (Wildman–Crippen MR) is 95.8 cm³/mol. The quantitative estimate of drug-likeness (QED) is 0.864. The highest BCUT2D eigenvalue weighted by Crippen LogP contribution is 2.41. The highest BCUT2D eigenvalue weighted by atomic mass is 19.1. The summed E-state index contributed by atoms with van der Waals surface area (Å²) in [5.74, 6) is 0.409. The van der Waals surface area contributed by atoms with Gasteiger partial charge in [0.1, 0.15) is 11.4 Å². The molecule has 1 aliphatic carbocycles. The van der Waals surface area contributed by atoms with Crippen molar-refractivity contribution < 1.29 is 13.9 Å². The Morgan fingerprint density at radius 3 is 2.56 bits per heavy atom. The molecule has 2 atom stereocenters. The van der Waals surface area contributed by atoms with Gasteiger partial charge in [0.25, 0.3) is 0 Å². The molecule has 1 saturated carbocycles. The Kier molecular flexibility index (Phi) is 5.32. The third-order valence-corrected chi connectivity index (χ3v) is 4.90. The number of hydrogen-bond donors (Lipinski definition) is 1. The van der Waals surface area contributed by atoms with Crippen molar-refractivity contribution in [3.05, 3.63) is 35.6 Å². The lowest BCUT2D eigenvalue weighted by Crippen LogP contribution is -2.44. The Bertz CT molecular complexity index is 593. The van der Waals surface area contributed by atoms with Crippen molar-refractivity contribution in [2.24, 2.45) is 5.92 Å². The number of hydrogen-bond acceptors (Lipinski definition) is 3. The molecule has 25 heavy (non-hydrogen) atoms. The zero-order chi connectivity index (χ0) is 18.0. The van der Waals surface area contributed by atoms with Crippen molar-refractivity contribution in [2.75, 3.05) is 13.1 Å². The van der Waals surface area contributed by atoms with Crippen LogP contribution in [0.1, 0.15) is 58.1 Å². The second kappa shape index (κ2) is 7.32. The number of ether oxygens (including phenoxy) is 1. The highest BCUT2D eigenvalue weighted by molar-refractivity contribution is 5.69. The molecule has 1 amide bonds. The summed E-state index contributed by atoms with van der Waals surface area (Å²) >= 11 is 0. The van der Waals surface area contributed by atoms with Gasteiger partial charge in [-0.25, -0.2) is 9.18 Å². The maximum atomic E-state index is 13.2. The van der Waals surface area contributed by atoms with Crippen molar-refractivity contribution in [1.82, 2.24) is 10.2 Å². The molecule has 4 nitrogen and oxygen atoms in total. The van der Waals surface area contributed by atoms with Gasteiger partial charge in [-0.15, -0.1) is 0 Å². The van der Waals surface area contributed by atoms with Crippen LogP contribution in [-0.4, -0.2) is 35.7 Å². The van der Waals surface area contributed by atoms with Gasteiger partial charge < -0.3 is 15.0 Å². The van der Waals surface area contributed by atoms with E-state index in [1.54, 1.807) is 0 Å². The number of benzene rings is 1. The number of carbonyl (C=O) groups excluding carboxylic acids is 1. The van der Waals surface area contributed by atoms with Gasteiger partial charge in [0.2, 0.25) is 0 Å². The fourth-order valence-corrected chi connectivity index (χ4v) is 3.53. The van der Waals surface area contributed by atoms with E-state index in [-0.39, 0.29) is 24.0 Å². The molecule has 1 aliphatic heterocycles. The summed E-state index contributed by atoms with van der Waals surface area (Å²) in [5.41, 5.74) is 0.660. The van der Waals surface area contributed by atoms with Crippen LogP contribution >= 0.6 is 0 Å². The number of nitrogens with one attached hydrogen (secondary N) is 1. The molecule has 0 spiro atoms. The number of halogens is 1. The molecule has 2 unspecified atom stereocenters. The van der Waals surface area contributed by atoms with Crippen LogP contribution < -0.4 is 5.32 Å². The van der Waals surface area contributed by atoms with E-state index in [1.807, 2.05) is 37.8 Å². The Morgan fingerprint density at radius 2 is 1.96 bits per heavy atom. The molecule has 5 heteroatoms. The molecule has 1 heterocycles. The Balaban J connectivity index is 1.60. The molecule has 1 aromatic carbocycles. The summed E-state index contributed by atoms with van der Waals surface area (Å²) in [6.07, 6.45) is 4.19. The fraction of sp³-hybridized carbons (Fsp3) is 0.650. The van der Waals surface area contributed by atoms with Crippen LogP contribution in [0.2, 0.25) is 0 Å². The van der Waals surface area contributed by atoms with Gasteiger partial charge in [-0.05, 0) is 70.1 Å². The monoisotopic (exact) mass is 348 g/mol. The minimum absolute atomic E-state index is 0.163. The van der Waals surface area contributed by atoms with Crippen molar-refractivity contribution in [1.29, 1.82) is 0 Å². The second-order valence-corrected chi connectivity index (χ2v) is 8.24. The van der Waals surface area contributed by atoms with Gasteiger partial charge in [0, 0.05) is 25.2 Å². The minimum Gasteiger partial charge on any atom is -0.444 e. The molecular formula is C20H29FN2O2. The van der Waals surface area contributed by atoms with Crippen molar-refractivity contribution in [3.63, 3.8) is 0 Å². The number of rotatable bonds is 5. The average molecular weight is 348 g/mol. The Hall–Kier alpha value is -1.62. The van der Waals surface area contributed by atoms with Gasteiger partial charge in [-0.2, -0.15) is 0 Å². The molecule has 1 N–H and O–H groups in total. The van der Waals surface area contributed by atoms with Gasteiger partial charge >= 0.3 is 6.09 Å². The number of carbonyl (C=O) groups is 1. The molecule has 138 valence electrons. The molecule has 0 radical (unpaired) electrons. The van der Waals surface area contributed by atoms with E-state index in [1.165, 1.54) is 25.0 Å². The van der Waals surface area contributed by atoms with Crippen LogP contribution in [0.3, 0.4) is 0 Å². The first kappa shape index (κ1) is 18.2. The summed E-state index contributed by atoms with van der Waals surface area (Å²) in [4.78, 5) is 14.3. The van der Waals surface area contributed by atoms with Crippen LogP contribution in [0, 0.1) is 11.7 Å². The topological polar surface area (TPSA) is 41.6 Å². The van der Waals surface area contributed by atoms with Crippen molar-refractivity contribution >= 4 is 6.09 Å². The Morgan fingerprint density at radius 1 is 1.28 bits per heavy atom. The van der Waals surface area contributed by atoms with E-state index in [0.717, 1.165) is 31.5 Å². The zero-order valence-electron chi connectivity index (χ0n) is 15.4. The highest BCUT2D eigenvalue weighted by Gasteiger charge is 2.35. The van der Waals surface area contributed by atoms with E-state index < -0.39 is 5.60 Å². The first-order valence-electron chi connectivity index (χ1n) is 9.32. The molecular weight excluding hydrogens is 319 g/mol. The maximum Gasteiger partial charge on any atom is 0.410 e. The largest absolute Gasteiger partial charge is 0.444 e. The molecule has 0 bridgehead atoms. The molecule has 1 aromatic rings. The number of amides is 1. The summed E-state index contributed by atoms with van der Waals surface area (Å²) < 4.78 is 18.7. The molecule has 3 rings (SSSR count). The molecule has 2 fully saturated rings. The number of nitrogens with zero attached hydrogens (tertiary/aromatic N) is 1. The SMILES string of the molecule is CC(C)(C)OC(=O)N1CCCC1CNC(c1ccc(F)cc1)C1CC1. The lowest BCUT2D eigenvalue weighted by molar-refractivity contribution is 0.0224. The summed E-state index contributed by atoms with van der Waals surface area (Å²) in [6.45, 7) is 7.19. The average Bonchev–Trinajstić information content (AvgIpc) is 3.25. The molecule has 2 aliphatic rings. The van der Waals surface area contributed by atoms with Crippen LogP contribution in [0.5, 0.6) is 0 Å². The van der Waals surface area contributed by atoms with Gasteiger partial charge in [-0.3, -0.25) is 0 Å². The predicted octanol–water partition coefficient (Wildman–Crippen LogP) is 4.27. The smallest absolute Gasteiger partial charge is 0.410 e. The van der Waals surface area contributed by atoms with Crippen LogP contribution in [0.25, 0.3) is 0 Å². The van der Waals surface area contributed by atoms with E-state index in [0.29, 0.717) is 5.92 Å². The normalized spacial score (nSPS) is 22.1. The molecule has 0 aromatic heterocycles. The van der Waals surface area contributed by atoms with Crippen LogP contribution in [0.15, 0.2) is 24.3 Å². The van der Waals surface area contributed by atoms with Gasteiger partial charge in [-0.1, -0.05) is 12.1 Å². The minimum atomic E-state index is -0.470. The van der Waals surface area contributed by atoms with Crippen LogP contribution in [-0.2, 0) is 4.74 Å². The number of likely N-dealkylation sites (tertiary alicyclic amines) is 1. The third-order valence-electron chi connectivity index (χ3n) is 4.90. The first-order chi connectivity index (χ1) is 11.8. The summed E-state index contributed by atoms with van der Waals surface area (Å²) in [5, 5.41) is 3.64. The summed E-state index contributed by atoms with van der Waals surface area (Å²) in [6, 6.07) is 7.18. The van der Waals surface area contributed by atoms with Gasteiger partial charge in [0.15, 0.2) is 0 Å². The molecule has 1 saturated heterocycles. The summed E-state index contributed by atoms with van der Waals surface area (Å²) in [7, 11) is 0. The van der Waals surface area contributed by atoms with Gasteiger partial charge in [0.05, 0.1) is 0 Å². The first-order valence-corrected chi connectivity index (χ1v) is 9.32. The van der Waals surface area contributed by atoms with E-state index >= 15 is 0 Å². The van der Waals surface area contributed by atoms with Crippen molar-refractivity contribution in [3.8, 4) is 0 Å². The lowest BCUT2D eigenvalue weighted by Gasteiger charge is -2.30. The van der Waals surface area contributed by atoms with E-state index in [2.05, 4.69) is 5.32 Å². The maximum absolute atomic E-state index is 13.2.